The highest BCUT2D eigenvalue weighted by atomic mass is 35.5. The van der Waals surface area contributed by atoms with Crippen LogP contribution in [0.25, 0.3) is 10.9 Å². The minimum Gasteiger partial charge on any atom is -0.324 e. The molecule has 1 aromatic heterocycles. The van der Waals surface area contributed by atoms with Gasteiger partial charge in [-0.1, -0.05) is 11.6 Å². The van der Waals surface area contributed by atoms with Crippen molar-refractivity contribution in [3.05, 3.63) is 35.5 Å². The summed E-state index contributed by atoms with van der Waals surface area (Å²) in [5.74, 6) is 0.0738. The monoisotopic (exact) mass is 289 g/mol. The Morgan fingerprint density at radius 3 is 3.10 bits per heavy atom. The van der Waals surface area contributed by atoms with E-state index in [2.05, 4.69) is 15.6 Å². The van der Waals surface area contributed by atoms with Crippen LogP contribution in [0.5, 0.6) is 0 Å². The maximum Gasteiger partial charge on any atom is 0.228 e. The summed E-state index contributed by atoms with van der Waals surface area (Å²) in [6.45, 7) is 1.74. The molecule has 1 aliphatic heterocycles. The Kier molecular flexibility index (Phi) is 3.85. The summed E-state index contributed by atoms with van der Waals surface area (Å²) in [6, 6.07) is 7.35. The van der Waals surface area contributed by atoms with Gasteiger partial charge >= 0.3 is 0 Å². The lowest BCUT2D eigenvalue weighted by Crippen LogP contribution is -2.37. The molecule has 2 aromatic rings. The molecule has 0 aliphatic carbocycles. The van der Waals surface area contributed by atoms with Gasteiger partial charge in [0.2, 0.25) is 5.91 Å². The van der Waals surface area contributed by atoms with Crippen LogP contribution in [0.4, 0.5) is 5.69 Å². The zero-order valence-electron chi connectivity index (χ0n) is 11.0. The van der Waals surface area contributed by atoms with E-state index in [1.807, 2.05) is 18.2 Å². The van der Waals surface area contributed by atoms with Gasteiger partial charge in [-0.3, -0.25) is 9.78 Å². The fourth-order valence-electron chi connectivity index (χ4n) is 2.55. The van der Waals surface area contributed by atoms with Gasteiger partial charge in [0.05, 0.1) is 22.1 Å². The third kappa shape index (κ3) is 2.62. The van der Waals surface area contributed by atoms with Crippen LogP contribution in [0, 0.1) is 5.92 Å². The number of carbonyl (C=O) groups is 1. The number of hydrogen-bond donors (Lipinski definition) is 2. The van der Waals surface area contributed by atoms with E-state index >= 15 is 0 Å². The molecule has 104 valence electrons. The Bertz CT molecular complexity index is 638. The van der Waals surface area contributed by atoms with Crippen molar-refractivity contribution in [2.24, 2.45) is 5.92 Å². The second kappa shape index (κ2) is 5.77. The predicted octanol–water partition coefficient (Wildman–Crippen LogP) is 2.83. The van der Waals surface area contributed by atoms with Gasteiger partial charge in [0.1, 0.15) is 0 Å². The number of halogens is 1. The van der Waals surface area contributed by atoms with E-state index < -0.39 is 0 Å². The van der Waals surface area contributed by atoms with Crippen LogP contribution in [0.1, 0.15) is 12.8 Å². The average molecular weight is 290 g/mol. The van der Waals surface area contributed by atoms with Gasteiger partial charge in [-0.05, 0) is 43.7 Å². The molecule has 1 aromatic carbocycles. The summed E-state index contributed by atoms with van der Waals surface area (Å²) >= 11 is 6.15. The van der Waals surface area contributed by atoms with E-state index in [0.29, 0.717) is 5.02 Å². The smallest absolute Gasteiger partial charge is 0.228 e. The number of amides is 1. The number of anilines is 1. The Labute approximate surface area is 122 Å². The maximum absolute atomic E-state index is 12.3. The highest BCUT2D eigenvalue weighted by Gasteiger charge is 2.21. The van der Waals surface area contributed by atoms with Crippen molar-refractivity contribution in [1.82, 2.24) is 10.3 Å². The van der Waals surface area contributed by atoms with Crippen LogP contribution in [-0.4, -0.2) is 24.0 Å². The molecule has 0 unspecified atom stereocenters. The highest BCUT2D eigenvalue weighted by Crippen LogP contribution is 2.28. The lowest BCUT2D eigenvalue weighted by atomic mass is 9.98. The summed E-state index contributed by atoms with van der Waals surface area (Å²) in [6.07, 6.45) is 3.67. The number of rotatable bonds is 2. The van der Waals surface area contributed by atoms with Gasteiger partial charge in [-0.15, -0.1) is 0 Å². The number of fused-ring (bicyclic) bond motifs is 1. The van der Waals surface area contributed by atoms with Crippen LogP contribution in [0.3, 0.4) is 0 Å². The third-order valence-electron chi connectivity index (χ3n) is 3.64. The summed E-state index contributed by atoms with van der Waals surface area (Å²) in [4.78, 5) is 16.6. The molecule has 1 fully saturated rings. The average Bonchev–Trinajstić information content (AvgIpc) is 2.51. The van der Waals surface area contributed by atoms with Crippen LogP contribution < -0.4 is 10.6 Å². The molecule has 0 bridgehead atoms. The molecular formula is C15H16ClN3O. The van der Waals surface area contributed by atoms with E-state index in [0.717, 1.165) is 42.5 Å². The molecule has 4 nitrogen and oxygen atoms in total. The molecule has 1 aliphatic rings. The van der Waals surface area contributed by atoms with Gasteiger partial charge in [0.15, 0.2) is 0 Å². The Hall–Kier alpha value is -1.65. The fraction of sp³-hybridized carbons (Fsp3) is 0.333. The normalized spacial score (nSPS) is 18.9. The van der Waals surface area contributed by atoms with E-state index in [1.165, 1.54) is 0 Å². The molecule has 5 heteroatoms. The lowest BCUT2D eigenvalue weighted by molar-refractivity contribution is -0.120. The van der Waals surface area contributed by atoms with Crippen LogP contribution in [-0.2, 0) is 4.79 Å². The third-order valence-corrected chi connectivity index (χ3v) is 3.97. The molecule has 1 saturated heterocycles. The van der Waals surface area contributed by atoms with Crippen LogP contribution in [0.2, 0.25) is 5.02 Å². The molecule has 1 atom stereocenters. The van der Waals surface area contributed by atoms with E-state index in [-0.39, 0.29) is 11.8 Å². The molecule has 0 saturated carbocycles. The van der Waals surface area contributed by atoms with Crippen molar-refractivity contribution >= 4 is 34.1 Å². The first-order valence-electron chi connectivity index (χ1n) is 6.80. The first kappa shape index (κ1) is 13.3. The zero-order chi connectivity index (χ0) is 13.9. The Morgan fingerprint density at radius 2 is 2.30 bits per heavy atom. The number of carbonyl (C=O) groups excluding carboxylic acids is 1. The Balaban J connectivity index is 1.87. The van der Waals surface area contributed by atoms with Crippen molar-refractivity contribution in [1.29, 1.82) is 0 Å². The van der Waals surface area contributed by atoms with E-state index in [9.17, 15) is 4.79 Å². The maximum atomic E-state index is 12.3. The van der Waals surface area contributed by atoms with Crippen molar-refractivity contribution in [2.45, 2.75) is 12.8 Å². The molecule has 0 radical (unpaired) electrons. The molecule has 2 heterocycles. The molecule has 2 N–H and O–H groups in total. The minimum absolute atomic E-state index is 0.0261. The zero-order valence-corrected chi connectivity index (χ0v) is 11.8. The summed E-state index contributed by atoms with van der Waals surface area (Å²) in [5, 5.41) is 7.73. The largest absolute Gasteiger partial charge is 0.324 e. The molecule has 20 heavy (non-hydrogen) atoms. The summed E-state index contributed by atoms with van der Waals surface area (Å²) in [7, 11) is 0. The number of benzene rings is 1. The second-order valence-electron chi connectivity index (χ2n) is 5.03. The highest BCUT2D eigenvalue weighted by molar-refractivity contribution is 6.35. The molecule has 3 rings (SSSR count). The van der Waals surface area contributed by atoms with Gasteiger partial charge in [0, 0.05) is 18.1 Å². The SMILES string of the molecule is O=C(Nc1ccc(Cl)c2cccnc12)[C@H]1CCCNC1. The number of pyridine rings is 1. The molecular weight excluding hydrogens is 274 g/mol. The van der Waals surface area contributed by atoms with Gasteiger partial charge < -0.3 is 10.6 Å². The van der Waals surface area contributed by atoms with Gasteiger partial charge in [-0.2, -0.15) is 0 Å². The second-order valence-corrected chi connectivity index (χ2v) is 5.43. The topological polar surface area (TPSA) is 54.0 Å². The number of piperidine rings is 1. The van der Waals surface area contributed by atoms with Crippen molar-refractivity contribution in [3.63, 3.8) is 0 Å². The van der Waals surface area contributed by atoms with Crippen molar-refractivity contribution < 1.29 is 4.79 Å². The number of aromatic nitrogens is 1. The summed E-state index contributed by atoms with van der Waals surface area (Å²) in [5.41, 5.74) is 1.46. The predicted molar refractivity (Wildman–Crippen MR) is 81.0 cm³/mol. The van der Waals surface area contributed by atoms with E-state index in [4.69, 9.17) is 11.6 Å². The van der Waals surface area contributed by atoms with E-state index in [1.54, 1.807) is 12.3 Å². The van der Waals surface area contributed by atoms with Gasteiger partial charge in [-0.25, -0.2) is 0 Å². The van der Waals surface area contributed by atoms with Crippen molar-refractivity contribution in [3.8, 4) is 0 Å². The lowest BCUT2D eigenvalue weighted by Gasteiger charge is -2.22. The summed E-state index contributed by atoms with van der Waals surface area (Å²) < 4.78 is 0. The number of nitrogens with one attached hydrogen (secondary N) is 2. The standard InChI is InChI=1S/C15H16ClN3O/c16-12-5-6-13(14-11(12)4-2-8-18-14)19-15(20)10-3-1-7-17-9-10/h2,4-6,8,10,17H,1,3,7,9H2,(H,19,20)/t10-/m0/s1. The first-order valence-corrected chi connectivity index (χ1v) is 7.18. The molecule has 0 spiro atoms. The fourth-order valence-corrected chi connectivity index (χ4v) is 2.76. The number of nitrogens with zero attached hydrogens (tertiary/aromatic N) is 1. The van der Waals surface area contributed by atoms with Crippen LogP contribution >= 0.6 is 11.6 Å². The van der Waals surface area contributed by atoms with Crippen LogP contribution in [0.15, 0.2) is 30.5 Å². The van der Waals surface area contributed by atoms with Crippen molar-refractivity contribution in [2.75, 3.05) is 18.4 Å². The quantitative estimate of drug-likeness (QED) is 0.894. The number of hydrogen-bond acceptors (Lipinski definition) is 3. The first-order chi connectivity index (χ1) is 9.75. The van der Waals surface area contributed by atoms with Gasteiger partial charge in [0.25, 0.3) is 0 Å². The Morgan fingerprint density at radius 1 is 1.40 bits per heavy atom. The molecule has 1 amide bonds. The minimum atomic E-state index is 0.0261.